The minimum absolute atomic E-state index is 0.298. The van der Waals surface area contributed by atoms with Crippen molar-refractivity contribution < 1.29 is 9.59 Å². The van der Waals surface area contributed by atoms with Gasteiger partial charge in [-0.3, -0.25) is 10.1 Å². The first-order valence-electron chi connectivity index (χ1n) is 7.05. The van der Waals surface area contributed by atoms with Crippen molar-refractivity contribution in [3.63, 3.8) is 0 Å². The van der Waals surface area contributed by atoms with E-state index < -0.39 is 6.03 Å². The Bertz CT molecular complexity index is 462. The average Bonchev–Trinajstić information content (AvgIpc) is 2.49. The van der Waals surface area contributed by atoms with Gasteiger partial charge in [-0.1, -0.05) is 19.1 Å². The summed E-state index contributed by atoms with van der Waals surface area (Å²) < 4.78 is 0. The Kier molecular flexibility index (Phi) is 7.85. The second kappa shape index (κ2) is 9.41. The van der Waals surface area contributed by atoms with Crippen LogP contribution in [0.25, 0.3) is 0 Å². The van der Waals surface area contributed by atoms with Crippen LogP contribution < -0.4 is 16.0 Å². The maximum absolute atomic E-state index is 11.8. The van der Waals surface area contributed by atoms with Crippen LogP contribution in [0.15, 0.2) is 29.2 Å². The highest BCUT2D eigenvalue weighted by Gasteiger charge is 2.16. The molecule has 1 aromatic rings. The van der Waals surface area contributed by atoms with Gasteiger partial charge in [0, 0.05) is 18.5 Å². The van der Waals surface area contributed by atoms with Crippen molar-refractivity contribution in [2.75, 3.05) is 13.6 Å². The Hall–Kier alpha value is -1.53. The van der Waals surface area contributed by atoms with E-state index in [4.69, 9.17) is 0 Å². The Morgan fingerprint density at radius 1 is 1.24 bits per heavy atom. The number of carbonyl (C=O) groups is 2. The zero-order valence-electron chi connectivity index (χ0n) is 12.7. The molecule has 0 spiro atoms. The molecule has 5 nitrogen and oxygen atoms in total. The van der Waals surface area contributed by atoms with E-state index in [0.29, 0.717) is 0 Å². The second-order valence-electron chi connectivity index (χ2n) is 4.65. The number of urea groups is 1. The molecule has 0 aliphatic rings. The van der Waals surface area contributed by atoms with Gasteiger partial charge >= 0.3 is 6.03 Å². The minimum atomic E-state index is -0.482. The summed E-state index contributed by atoms with van der Waals surface area (Å²) in [6, 6.07) is 7.61. The van der Waals surface area contributed by atoms with Crippen LogP contribution in [-0.4, -0.2) is 30.8 Å². The first-order chi connectivity index (χ1) is 10.1. The standard InChI is InChI=1S/C15H23N3O2S/c1-4-9-17-10-12-5-7-13(8-6-12)21-11(2)14(19)18-15(20)16-3/h5-8,11,17H,4,9-10H2,1-3H3,(H2,16,18,19,20). The predicted molar refractivity (Wildman–Crippen MR) is 86.4 cm³/mol. The third-order valence-corrected chi connectivity index (χ3v) is 3.94. The van der Waals surface area contributed by atoms with Crippen molar-refractivity contribution in [3.8, 4) is 0 Å². The monoisotopic (exact) mass is 309 g/mol. The number of imide groups is 1. The molecule has 1 aromatic carbocycles. The number of benzene rings is 1. The van der Waals surface area contributed by atoms with Crippen molar-refractivity contribution >= 4 is 23.7 Å². The zero-order chi connectivity index (χ0) is 15.7. The summed E-state index contributed by atoms with van der Waals surface area (Å²) in [6.45, 7) is 5.77. The Balaban J connectivity index is 2.47. The van der Waals surface area contributed by atoms with E-state index in [-0.39, 0.29) is 11.2 Å². The van der Waals surface area contributed by atoms with E-state index in [1.165, 1.54) is 24.4 Å². The lowest BCUT2D eigenvalue weighted by Gasteiger charge is -2.11. The molecule has 0 saturated heterocycles. The first-order valence-corrected chi connectivity index (χ1v) is 7.93. The highest BCUT2D eigenvalue weighted by Crippen LogP contribution is 2.23. The summed E-state index contributed by atoms with van der Waals surface area (Å²) >= 11 is 1.43. The molecular weight excluding hydrogens is 286 g/mol. The lowest BCUT2D eigenvalue weighted by Crippen LogP contribution is -2.41. The van der Waals surface area contributed by atoms with Gasteiger partial charge in [0.05, 0.1) is 5.25 Å². The number of hydrogen-bond acceptors (Lipinski definition) is 4. The fourth-order valence-corrected chi connectivity index (χ4v) is 2.50. The fraction of sp³-hybridized carbons (Fsp3) is 0.467. The maximum Gasteiger partial charge on any atom is 0.321 e. The molecule has 3 N–H and O–H groups in total. The molecule has 6 heteroatoms. The minimum Gasteiger partial charge on any atom is -0.341 e. The molecule has 0 heterocycles. The van der Waals surface area contributed by atoms with Crippen LogP contribution in [0.3, 0.4) is 0 Å². The lowest BCUT2D eigenvalue weighted by molar-refractivity contribution is -0.119. The van der Waals surface area contributed by atoms with Gasteiger partial charge < -0.3 is 10.6 Å². The summed E-state index contributed by atoms with van der Waals surface area (Å²) in [7, 11) is 1.48. The largest absolute Gasteiger partial charge is 0.341 e. The lowest BCUT2D eigenvalue weighted by atomic mass is 10.2. The molecule has 1 unspecified atom stereocenters. The predicted octanol–water partition coefficient (Wildman–Crippen LogP) is 2.12. The van der Waals surface area contributed by atoms with E-state index >= 15 is 0 Å². The molecular formula is C15H23N3O2S. The van der Waals surface area contributed by atoms with Crippen LogP contribution in [0.4, 0.5) is 4.79 Å². The molecule has 21 heavy (non-hydrogen) atoms. The highest BCUT2D eigenvalue weighted by molar-refractivity contribution is 8.00. The maximum atomic E-state index is 11.8. The molecule has 0 saturated carbocycles. The number of carbonyl (C=O) groups excluding carboxylic acids is 2. The van der Waals surface area contributed by atoms with Crippen molar-refractivity contribution in [1.29, 1.82) is 0 Å². The highest BCUT2D eigenvalue weighted by atomic mass is 32.2. The summed E-state index contributed by atoms with van der Waals surface area (Å²) in [5, 5.41) is 7.65. The van der Waals surface area contributed by atoms with Crippen molar-refractivity contribution in [2.24, 2.45) is 0 Å². The number of hydrogen-bond donors (Lipinski definition) is 3. The number of amides is 3. The summed E-state index contributed by atoms with van der Waals surface area (Å²) in [6.07, 6.45) is 1.12. The normalized spacial score (nSPS) is 11.8. The zero-order valence-corrected chi connectivity index (χ0v) is 13.5. The number of rotatable bonds is 7. The first kappa shape index (κ1) is 17.5. The van der Waals surface area contributed by atoms with Crippen LogP contribution in [0.1, 0.15) is 25.8 Å². The summed E-state index contributed by atoms with van der Waals surface area (Å²) in [5.74, 6) is -0.298. The van der Waals surface area contributed by atoms with Crippen molar-refractivity contribution in [2.45, 2.75) is 37.0 Å². The van der Waals surface area contributed by atoms with E-state index in [2.05, 4.69) is 22.9 Å². The third kappa shape index (κ3) is 6.64. The van der Waals surface area contributed by atoms with Gasteiger partial charge in [-0.2, -0.15) is 0 Å². The molecule has 0 radical (unpaired) electrons. The van der Waals surface area contributed by atoms with Gasteiger partial charge in [0.15, 0.2) is 0 Å². The third-order valence-electron chi connectivity index (χ3n) is 2.83. The molecule has 1 rings (SSSR count). The molecule has 0 aromatic heterocycles. The fourth-order valence-electron chi connectivity index (χ4n) is 1.63. The Morgan fingerprint density at radius 2 is 1.90 bits per heavy atom. The summed E-state index contributed by atoms with van der Waals surface area (Å²) in [4.78, 5) is 23.9. The van der Waals surface area contributed by atoms with Crippen molar-refractivity contribution in [1.82, 2.24) is 16.0 Å². The molecule has 0 fully saturated rings. The SMILES string of the molecule is CCCNCc1ccc(SC(C)C(=O)NC(=O)NC)cc1. The van der Waals surface area contributed by atoms with E-state index in [9.17, 15) is 9.59 Å². The van der Waals surface area contributed by atoms with Crippen LogP contribution >= 0.6 is 11.8 Å². The molecule has 0 aliphatic heterocycles. The molecule has 0 aliphatic carbocycles. The van der Waals surface area contributed by atoms with E-state index in [1.807, 2.05) is 24.3 Å². The van der Waals surface area contributed by atoms with Crippen LogP contribution in [0, 0.1) is 0 Å². The van der Waals surface area contributed by atoms with Crippen molar-refractivity contribution in [3.05, 3.63) is 29.8 Å². The van der Waals surface area contributed by atoms with Gasteiger partial charge in [-0.15, -0.1) is 11.8 Å². The van der Waals surface area contributed by atoms with Crippen LogP contribution in [-0.2, 0) is 11.3 Å². The van der Waals surface area contributed by atoms with Gasteiger partial charge in [0.2, 0.25) is 5.91 Å². The molecule has 1 atom stereocenters. The molecule has 0 bridgehead atoms. The second-order valence-corrected chi connectivity index (χ2v) is 6.06. The quantitative estimate of drug-likeness (QED) is 0.533. The van der Waals surface area contributed by atoms with Crippen LogP contribution in [0.2, 0.25) is 0 Å². The van der Waals surface area contributed by atoms with Crippen LogP contribution in [0.5, 0.6) is 0 Å². The Labute approximate surface area is 130 Å². The van der Waals surface area contributed by atoms with Gasteiger partial charge in [-0.05, 0) is 37.6 Å². The topological polar surface area (TPSA) is 70.2 Å². The average molecular weight is 309 g/mol. The summed E-state index contributed by atoms with van der Waals surface area (Å²) in [5.41, 5.74) is 1.22. The molecule has 3 amide bonds. The van der Waals surface area contributed by atoms with Gasteiger partial charge in [-0.25, -0.2) is 4.79 Å². The molecule has 116 valence electrons. The smallest absolute Gasteiger partial charge is 0.321 e. The van der Waals surface area contributed by atoms with Gasteiger partial charge in [0.25, 0.3) is 0 Å². The number of thioether (sulfide) groups is 1. The Morgan fingerprint density at radius 3 is 2.48 bits per heavy atom. The van der Waals surface area contributed by atoms with E-state index in [1.54, 1.807) is 6.92 Å². The van der Waals surface area contributed by atoms with Gasteiger partial charge in [0.1, 0.15) is 0 Å². The number of nitrogens with one attached hydrogen (secondary N) is 3. The van der Waals surface area contributed by atoms with E-state index in [0.717, 1.165) is 24.4 Å².